The Hall–Kier alpha value is -3.28. The summed E-state index contributed by atoms with van der Waals surface area (Å²) in [5.74, 6) is -1.32. The predicted molar refractivity (Wildman–Crippen MR) is 175 cm³/mol. The molecule has 7 N–H and O–H groups in total. The molecule has 0 saturated heterocycles. The van der Waals surface area contributed by atoms with E-state index in [0.717, 1.165) is 11.1 Å². The van der Waals surface area contributed by atoms with Gasteiger partial charge in [-0.1, -0.05) is 71.9 Å². The van der Waals surface area contributed by atoms with Crippen molar-refractivity contribution in [3.8, 4) is 0 Å². The lowest BCUT2D eigenvalue weighted by atomic mass is 10.2. The maximum atomic E-state index is 12.6. The van der Waals surface area contributed by atoms with E-state index < -0.39 is 68.8 Å². The molecule has 0 spiro atoms. The molecular weight excluding hydrogens is 632 g/mol. The summed E-state index contributed by atoms with van der Waals surface area (Å²) < 4.78 is 25.7. The molecule has 0 saturated carbocycles. The van der Waals surface area contributed by atoms with E-state index in [2.05, 4.69) is 0 Å². The summed E-state index contributed by atoms with van der Waals surface area (Å²) in [6.45, 7) is 10.2. The summed E-state index contributed by atoms with van der Waals surface area (Å²) in [6, 6.07) is 0. The molecule has 0 bridgehead atoms. The van der Waals surface area contributed by atoms with Crippen LogP contribution in [0.25, 0.3) is 0 Å². The first kappa shape index (κ1) is 44.7. The van der Waals surface area contributed by atoms with E-state index in [0.29, 0.717) is 12.2 Å². The molecule has 0 aliphatic heterocycles. The van der Waals surface area contributed by atoms with Gasteiger partial charge in [0.05, 0.1) is 32.0 Å². The van der Waals surface area contributed by atoms with E-state index in [1.54, 1.807) is 38.2 Å². The molecule has 0 aliphatic rings. The summed E-state index contributed by atoms with van der Waals surface area (Å²) in [7, 11) is 0. The van der Waals surface area contributed by atoms with Crippen LogP contribution in [0.3, 0.4) is 0 Å². The number of aliphatic hydroxyl groups is 7. The molecule has 0 fully saturated rings. The van der Waals surface area contributed by atoms with Crippen LogP contribution >= 0.6 is 0 Å². The minimum atomic E-state index is -2.32. The van der Waals surface area contributed by atoms with Gasteiger partial charge in [-0.05, 0) is 48.5 Å². The van der Waals surface area contributed by atoms with Gasteiger partial charge in [-0.15, -0.1) is 0 Å². The van der Waals surface area contributed by atoms with E-state index in [1.807, 2.05) is 44.2 Å². The molecule has 0 aliphatic carbocycles. The molecule has 14 heteroatoms. The van der Waals surface area contributed by atoms with Crippen molar-refractivity contribution in [1.29, 1.82) is 0 Å². The van der Waals surface area contributed by atoms with Gasteiger partial charge < -0.3 is 59.4 Å². The first-order chi connectivity index (χ1) is 22.5. The fourth-order valence-electron chi connectivity index (χ4n) is 3.28. The highest BCUT2D eigenvalue weighted by atomic mass is 16.8. The topological polar surface area (TPSA) is 222 Å². The first-order valence-electron chi connectivity index (χ1n) is 15.3. The van der Waals surface area contributed by atoms with Crippen LogP contribution in [0.5, 0.6) is 0 Å². The van der Waals surface area contributed by atoms with Gasteiger partial charge in [-0.3, -0.25) is 0 Å². The second-order valence-corrected chi connectivity index (χ2v) is 10.7. The summed E-state index contributed by atoms with van der Waals surface area (Å²) in [5, 5.41) is 67.6. The zero-order valence-electron chi connectivity index (χ0n) is 28.5. The molecule has 0 aromatic heterocycles. The summed E-state index contributed by atoms with van der Waals surface area (Å²) >= 11 is 0. The molecule has 0 heterocycles. The number of rotatable bonds is 22. The molecule has 272 valence electrons. The van der Waals surface area contributed by atoms with Gasteiger partial charge in [-0.2, -0.15) is 0 Å². The minimum Gasteiger partial charge on any atom is -0.463 e. The van der Waals surface area contributed by atoms with E-state index in [9.17, 15) is 45.3 Å². The summed E-state index contributed by atoms with van der Waals surface area (Å²) in [5.41, 5.74) is 2.38. The summed E-state index contributed by atoms with van der Waals surface area (Å²) in [6.07, 6.45) is 3.98. The molecule has 6 atom stereocenters. The highest BCUT2D eigenvalue weighted by Crippen LogP contribution is 2.15. The highest BCUT2D eigenvalue weighted by molar-refractivity contribution is 5.88. The van der Waals surface area contributed by atoms with Crippen molar-refractivity contribution in [2.45, 2.75) is 98.0 Å². The molecule has 14 nitrogen and oxygen atoms in total. The van der Waals surface area contributed by atoms with Crippen molar-refractivity contribution in [1.82, 2.24) is 0 Å². The van der Waals surface area contributed by atoms with Crippen LogP contribution in [0.2, 0.25) is 0 Å². The van der Waals surface area contributed by atoms with Gasteiger partial charge in [-0.25, -0.2) is 9.59 Å². The number of aliphatic hydroxyl groups excluding tert-OH is 5. The van der Waals surface area contributed by atoms with E-state index >= 15 is 0 Å². The molecule has 0 amide bonds. The van der Waals surface area contributed by atoms with Crippen LogP contribution in [0.1, 0.15) is 48.5 Å². The quantitative estimate of drug-likeness (QED) is 0.0371. The average Bonchev–Trinajstić information content (AvgIpc) is 3.01. The molecular formula is C34H52O14. The Bertz CT molecular complexity index is 1170. The number of esters is 2. The lowest BCUT2D eigenvalue weighted by Crippen LogP contribution is -2.45. The second kappa shape index (κ2) is 24.8. The van der Waals surface area contributed by atoms with Gasteiger partial charge in [0.1, 0.15) is 12.2 Å². The lowest BCUT2D eigenvalue weighted by molar-refractivity contribution is -0.305. The lowest BCUT2D eigenvalue weighted by Gasteiger charge is -2.30. The molecule has 0 rings (SSSR count). The second-order valence-electron chi connectivity index (χ2n) is 10.7. The van der Waals surface area contributed by atoms with Gasteiger partial charge in [0, 0.05) is 11.1 Å². The number of hydrogen-bond donors (Lipinski definition) is 7. The van der Waals surface area contributed by atoms with Crippen LogP contribution in [0.15, 0.2) is 83.1 Å². The fourth-order valence-corrected chi connectivity index (χ4v) is 3.28. The van der Waals surface area contributed by atoms with Gasteiger partial charge in [0.15, 0.2) is 0 Å². The zero-order chi connectivity index (χ0) is 36.8. The molecule has 0 radical (unpaired) electrons. The minimum absolute atomic E-state index is 0.0799. The van der Waals surface area contributed by atoms with Crippen molar-refractivity contribution < 1.29 is 69.0 Å². The third-order valence-electron chi connectivity index (χ3n) is 6.17. The monoisotopic (exact) mass is 684 g/mol. The number of hydrogen-bond acceptors (Lipinski definition) is 14. The Morgan fingerprint density at radius 2 is 1.10 bits per heavy atom. The number of allylic oxidation sites excluding steroid dienone is 12. The van der Waals surface area contributed by atoms with Crippen molar-refractivity contribution >= 4 is 11.9 Å². The maximum Gasteiger partial charge on any atom is 0.336 e. The van der Waals surface area contributed by atoms with Crippen LogP contribution in [-0.4, -0.2) is 117 Å². The average molecular weight is 685 g/mol. The van der Waals surface area contributed by atoms with Gasteiger partial charge in [0.25, 0.3) is 6.29 Å². The van der Waals surface area contributed by atoms with Gasteiger partial charge in [0.2, 0.25) is 18.9 Å². The van der Waals surface area contributed by atoms with E-state index in [1.165, 1.54) is 26.8 Å². The maximum absolute atomic E-state index is 12.6. The molecule has 0 aromatic rings. The number of ether oxygens (including phenoxy) is 5. The smallest absolute Gasteiger partial charge is 0.336 e. The van der Waals surface area contributed by atoms with Crippen LogP contribution in [-0.2, 0) is 33.3 Å². The number of carbonyl (C=O) groups excluding carboxylic acids is 2. The van der Waals surface area contributed by atoms with Crippen molar-refractivity contribution in [3.05, 3.63) is 83.1 Å². The Balaban J connectivity index is 5.28. The molecule has 48 heavy (non-hydrogen) atoms. The van der Waals surface area contributed by atoms with Crippen LogP contribution in [0, 0.1) is 0 Å². The number of carbonyl (C=O) groups is 2. The van der Waals surface area contributed by atoms with Crippen molar-refractivity contribution in [3.63, 3.8) is 0 Å². The predicted octanol–water partition coefficient (Wildman–Crippen LogP) is 1.36. The van der Waals surface area contributed by atoms with Crippen LogP contribution < -0.4 is 0 Å². The first-order valence-corrected chi connectivity index (χ1v) is 15.3. The van der Waals surface area contributed by atoms with E-state index in [4.69, 9.17) is 23.7 Å². The fraction of sp³-hybridized carbons (Fsp3) is 0.529. The molecule has 0 aromatic carbocycles. The van der Waals surface area contributed by atoms with Crippen molar-refractivity contribution in [2.75, 3.05) is 19.8 Å². The van der Waals surface area contributed by atoms with Gasteiger partial charge >= 0.3 is 11.9 Å². The Morgan fingerprint density at radius 1 is 0.646 bits per heavy atom. The zero-order valence-corrected chi connectivity index (χ0v) is 28.5. The Kier molecular flexibility index (Phi) is 23.1. The third kappa shape index (κ3) is 19.5. The normalized spacial score (nSPS) is 17.8. The van der Waals surface area contributed by atoms with Crippen LogP contribution in [0.4, 0.5) is 0 Å². The Morgan fingerprint density at radius 3 is 1.52 bits per heavy atom. The van der Waals surface area contributed by atoms with Crippen molar-refractivity contribution in [2.24, 2.45) is 0 Å². The molecule has 4 unspecified atom stereocenters. The summed E-state index contributed by atoms with van der Waals surface area (Å²) in [4.78, 5) is 24.2. The largest absolute Gasteiger partial charge is 0.463 e. The highest BCUT2D eigenvalue weighted by Gasteiger charge is 2.32. The standard InChI is InChI=1S/C34H52O14/c1-8-44-31(42)23(4)17-11-15-21(2)13-9-10-14-22(3)16-12-18-24(5)32(43)48-34(30(40)41)47-28(26(7)37)20-45-33(29(38)39)46-27(19-35)25(6)36/h9-18,25-30,33-41H,8,19-20H2,1-7H3/b10-9+,15-11+,16-12+,21-13+,22-14+,23-17+,24-18+/t25-,26-,27?,28?,33?,34?/m0/s1. The third-order valence-corrected chi connectivity index (χ3v) is 6.17. The SMILES string of the molecule is CCOC(=O)/C(C)=C/C=C/C(C)=C/C=C/C=C(C)/C=C/C=C(\C)C(=O)OC(OC(COC(OC(CO)[C@H](C)O)C(O)O)[C@H](C)O)C(O)O. The Labute approximate surface area is 281 Å². The van der Waals surface area contributed by atoms with E-state index in [-0.39, 0.29) is 11.5 Å².